The quantitative estimate of drug-likeness (QED) is 0.679. The lowest BCUT2D eigenvalue weighted by Crippen LogP contribution is -2.20. The fraction of sp³-hybridized carbons (Fsp3) is 0.158. The van der Waals surface area contributed by atoms with Crippen molar-refractivity contribution in [2.24, 2.45) is 0 Å². The predicted molar refractivity (Wildman–Crippen MR) is 104 cm³/mol. The van der Waals surface area contributed by atoms with Gasteiger partial charge in [0.05, 0.1) is 30.6 Å². The van der Waals surface area contributed by atoms with Gasteiger partial charge in [-0.3, -0.25) is 0 Å². The van der Waals surface area contributed by atoms with E-state index >= 15 is 0 Å². The number of ether oxygens (including phenoxy) is 2. The van der Waals surface area contributed by atoms with Crippen LogP contribution >= 0.6 is 11.3 Å². The van der Waals surface area contributed by atoms with E-state index in [0.29, 0.717) is 22.9 Å². The number of anilines is 2. The van der Waals surface area contributed by atoms with Crippen molar-refractivity contribution in [2.45, 2.75) is 6.92 Å². The smallest absolute Gasteiger partial charge is 0.323 e. The summed E-state index contributed by atoms with van der Waals surface area (Å²) in [6.45, 7) is 1.95. The molecule has 7 heteroatoms. The standard InChI is InChI=1S/C19H19N3O3S/c1-12-20-18(11-26-12)16-6-4-5-7-17(16)22-19(23)21-13-8-14(24-2)10-15(9-13)25-3/h4-11H,1-3H3,(H2,21,22,23). The minimum Gasteiger partial charge on any atom is -0.497 e. The van der Waals surface area contributed by atoms with Crippen LogP contribution in [0.3, 0.4) is 0 Å². The third-order valence-corrected chi connectivity index (χ3v) is 4.45. The number of rotatable bonds is 5. The van der Waals surface area contributed by atoms with Gasteiger partial charge in [0.2, 0.25) is 0 Å². The van der Waals surface area contributed by atoms with Crippen molar-refractivity contribution < 1.29 is 14.3 Å². The molecule has 2 N–H and O–H groups in total. The van der Waals surface area contributed by atoms with Gasteiger partial charge >= 0.3 is 6.03 Å². The Morgan fingerprint density at radius 1 is 1.04 bits per heavy atom. The second kappa shape index (κ2) is 7.88. The minimum absolute atomic E-state index is 0.361. The highest BCUT2D eigenvalue weighted by atomic mass is 32.1. The maximum atomic E-state index is 12.4. The minimum atomic E-state index is -0.361. The summed E-state index contributed by atoms with van der Waals surface area (Å²) < 4.78 is 10.4. The second-order valence-corrected chi connectivity index (χ2v) is 6.54. The second-order valence-electron chi connectivity index (χ2n) is 5.48. The first-order valence-electron chi connectivity index (χ1n) is 7.91. The number of benzene rings is 2. The number of aryl methyl sites for hydroxylation is 1. The van der Waals surface area contributed by atoms with E-state index in [1.807, 2.05) is 36.6 Å². The number of hydrogen-bond donors (Lipinski definition) is 2. The van der Waals surface area contributed by atoms with Crippen molar-refractivity contribution in [3.63, 3.8) is 0 Å². The Morgan fingerprint density at radius 2 is 1.73 bits per heavy atom. The summed E-state index contributed by atoms with van der Waals surface area (Å²) in [5, 5.41) is 8.62. The molecule has 0 aliphatic heterocycles. The Bertz CT molecular complexity index is 902. The first-order chi connectivity index (χ1) is 12.6. The SMILES string of the molecule is COc1cc(NC(=O)Nc2ccccc2-c2csc(C)n2)cc(OC)c1. The zero-order chi connectivity index (χ0) is 18.5. The molecule has 1 heterocycles. The topological polar surface area (TPSA) is 72.5 Å². The number of methoxy groups -OCH3 is 2. The van der Waals surface area contributed by atoms with E-state index in [0.717, 1.165) is 16.3 Å². The monoisotopic (exact) mass is 369 g/mol. The number of amides is 2. The molecule has 0 bridgehead atoms. The van der Waals surface area contributed by atoms with Crippen LogP contribution in [0.25, 0.3) is 11.3 Å². The number of para-hydroxylation sites is 1. The molecule has 0 fully saturated rings. The van der Waals surface area contributed by atoms with E-state index in [-0.39, 0.29) is 6.03 Å². The lowest BCUT2D eigenvalue weighted by molar-refractivity contribution is 0.262. The Kier molecular flexibility index (Phi) is 5.38. The highest BCUT2D eigenvalue weighted by Gasteiger charge is 2.11. The number of thiazole rings is 1. The van der Waals surface area contributed by atoms with Crippen LogP contribution in [0.5, 0.6) is 11.5 Å². The number of urea groups is 1. The molecule has 2 amide bonds. The van der Waals surface area contributed by atoms with Gasteiger partial charge in [-0.1, -0.05) is 18.2 Å². The van der Waals surface area contributed by atoms with Crippen molar-refractivity contribution in [1.82, 2.24) is 4.98 Å². The summed E-state index contributed by atoms with van der Waals surface area (Å²) in [7, 11) is 3.12. The average molecular weight is 369 g/mol. The van der Waals surface area contributed by atoms with Gasteiger partial charge in [-0.2, -0.15) is 0 Å². The van der Waals surface area contributed by atoms with Crippen molar-refractivity contribution >= 4 is 28.7 Å². The number of carbonyl (C=O) groups excluding carboxylic acids is 1. The fourth-order valence-corrected chi connectivity index (χ4v) is 3.08. The van der Waals surface area contributed by atoms with Crippen molar-refractivity contribution in [1.29, 1.82) is 0 Å². The lowest BCUT2D eigenvalue weighted by Gasteiger charge is -2.12. The van der Waals surface area contributed by atoms with E-state index in [4.69, 9.17) is 9.47 Å². The first-order valence-corrected chi connectivity index (χ1v) is 8.79. The molecule has 3 aromatic rings. The third kappa shape index (κ3) is 4.12. The van der Waals surface area contributed by atoms with E-state index in [2.05, 4.69) is 15.6 Å². The fourth-order valence-electron chi connectivity index (χ4n) is 2.47. The maximum absolute atomic E-state index is 12.4. The Hall–Kier alpha value is -3.06. The summed E-state index contributed by atoms with van der Waals surface area (Å²) in [6, 6.07) is 12.4. The molecule has 2 aromatic carbocycles. The van der Waals surface area contributed by atoms with Crippen LogP contribution < -0.4 is 20.1 Å². The van der Waals surface area contributed by atoms with Crippen LogP contribution in [-0.4, -0.2) is 25.2 Å². The first kappa shape index (κ1) is 17.8. The maximum Gasteiger partial charge on any atom is 0.323 e. The van der Waals surface area contributed by atoms with Crippen molar-refractivity contribution in [3.05, 3.63) is 52.9 Å². The Morgan fingerprint density at radius 3 is 2.35 bits per heavy atom. The zero-order valence-electron chi connectivity index (χ0n) is 14.7. The summed E-state index contributed by atoms with van der Waals surface area (Å²) in [5.41, 5.74) is 2.97. The molecular formula is C19H19N3O3S. The molecule has 3 rings (SSSR count). The van der Waals surface area contributed by atoms with Gasteiger partial charge in [-0.25, -0.2) is 9.78 Å². The molecule has 0 aliphatic carbocycles. The molecule has 6 nitrogen and oxygen atoms in total. The van der Waals surface area contributed by atoms with Crippen LogP contribution in [0.15, 0.2) is 47.8 Å². The number of aromatic nitrogens is 1. The van der Waals surface area contributed by atoms with E-state index in [1.54, 1.807) is 43.8 Å². The molecule has 0 atom stereocenters. The summed E-state index contributed by atoms with van der Waals surface area (Å²) in [4.78, 5) is 16.9. The lowest BCUT2D eigenvalue weighted by atomic mass is 10.1. The predicted octanol–water partition coefficient (Wildman–Crippen LogP) is 4.78. The van der Waals surface area contributed by atoms with Crippen molar-refractivity contribution in [2.75, 3.05) is 24.9 Å². The number of nitrogens with zero attached hydrogens (tertiary/aromatic N) is 1. The van der Waals surface area contributed by atoms with Crippen LogP contribution in [0.4, 0.5) is 16.2 Å². The van der Waals surface area contributed by atoms with Gasteiger partial charge in [-0.15, -0.1) is 11.3 Å². The molecule has 0 unspecified atom stereocenters. The van der Waals surface area contributed by atoms with Gasteiger partial charge in [0.1, 0.15) is 11.5 Å². The molecule has 0 saturated heterocycles. The van der Waals surface area contributed by atoms with Crippen LogP contribution in [-0.2, 0) is 0 Å². The van der Waals surface area contributed by atoms with Gasteiger partial charge in [-0.05, 0) is 13.0 Å². The normalized spacial score (nSPS) is 10.3. The number of nitrogens with one attached hydrogen (secondary N) is 2. The van der Waals surface area contributed by atoms with Crippen molar-refractivity contribution in [3.8, 4) is 22.8 Å². The molecule has 134 valence electrons. The average Bonchev–Trinajstić information content (AvgIpc) is 3.07. The molecule has 0 spiro atoms. The Labute approximate surface area is 155 Å². The third-order valence-electron chi connectivity index (χ3n) is 3.68. The highest BCUT2D eigenvalue weighted by molar-refractivity contribution is 7.09. The number of hydrogen-bond acceptors (Lipinski definition) is 5. The Balaban J connectivity index is 1.79. The van der Waals surface area contributed by atoms with Gasteiger partial charge in [0.25, 0.3) is 0 Å². The zero-order valence-corrected chi connectivity index (χ0v) is 15.5. The summed E-state index contributed by atoms with van der Waals surface area (Å²) in [6.07, 6.45) is 0. The molecule has 0 aliphatic rings. The van der Waals surface area contributed by atoms with Crippen LogP contribution in [0.2, 0.25) is 0 Å². The molecule has 1 aromatic heterocycles. The van der Waals surface area contributed by atoms with Crippen LogP contribution in [0.1, 0.15) is 5.01 Å². The molecule has 0 saturated carbocycles. The number of carbonyl (C=O) groups is 1. The largest absolute Gasteiger partial charge is 0.497 e. The van der Waals surface area contributed by atoms with E-state index < -0.39 is 0 Å². The van der Waals surface area contributed by atoms with Gasteiger partial charge in [0, 0.05) is 34.8 Å². The van der Waals surface area contributed by atoms with Gasteiger partial charge in [0.15, 0.2) is 0 Å². The molecule has 0 radical (unpaired) electrons. The molecule has 26 heavy (non-hydrogen) atoms. The van der Waals surface area contributed by atoms with E-state index in [9.17, 15) is 4.79 Å². The summed E-state index contributed by atoms with van der Waals surface area (Å²) >= 11 is 1.57. The highest BCUT2D eigenvalue weighted by Crippen LogP contribution is 2.29. The van der Waals surface area contributed by atoms with Crippen LogP contribution in [0, 0.1) is 6.92 Å². The van der Waals surface area contributed by atoms with Gasteiger partial charge < -0.3 is 20.1 Å². The van der Waals surface area contributed by atoms with E-state index in [1.165, 1.54) is 0 Å². The molecular weight excluding hydrogens is 350 g/mol. The summed E-state index contributed by atoms with van der Waals surface area (Å²) in [5.74, 6) is 1.19.